The molecule has 0 spiro atoms. The van der Waals surface area contributed by atoms with Gasteiger partial charge in [0, 0.05) is 38.2 Å². The van der Waals surface area contributed by atoms with Gasteiger partial charge in [0.15, 0.2) is 0 Å². The summed E-state index contributed by atoms with van der Waals surface area (Å²) < 4.78 is 51.9. The summed E-state index contributed by atoms with van der Waals surface area (Å²) in [6.07, 6.45) is -3.97. The minimum Gasteiger partial charge on any atom is -0.396 e. The largest absolute Gasteiger partial charge is 0.419 e. The molecule has 1 saturated heterocycles. The molecule has 0 aliphatic carbocycles. The Morgan fingerprint density at radius 2 is 1.84 bits per heavy atom. The Morgan fingerprint density at radius 1 is 1.12 bits per heavy atom. The smallest absolute Gasteiger partial charge is 0.396 e. The van der Waals surface area contributed by atoms with Crippen molar-refractivity contribution in [3.05, 3.63) is 69.0 Å². The Hall–Kier alpha value is -1.42. The molecular weight excluding hydrogens is 469 g/mol. The zero-order chi connectivity index (χ0) is 23.9. The average Bonchev–Trinajstić information content (AvgIpc) is 3.20. The van der Waals surface area contributed by atoms with Crippen molar-refractivity contribution in [3.8, 4) is 0 Å². The number of benzene rings is 2. The summed E-state index contributed by atoms with van der Waals surface area (Å²) in [6.45, 7) is 2.60. The lowest BCUT2D eigenvalue weighted by molar-refractivity contribution is -0.140. The van der Waals surface area contributed by atoms with E-state index in [4.69, 9.17) is 34.0 Å². The van der Waals surface area contributed by atoms with Crippen molar-refractivity contribution in [1.82, 2.24) is 10.2 Å². The minimum absolute atomic E-state index is 0.0904. The first-order valence-corrected chi connectivity index (χ1v) is 10.9. The number of nitrogens with one attached hydrogen (secondary N) is 1. The lowest BCUT2D eigenvalue weighted by atomic mass is 9.93. The molecule has 2 atom stereocenters. The number of aliphatic hydroxyl groups is 1. The maximum atomic E-state index is 13.8. The fourth-order valence-electron chi connectivity index (χ4n) is 3.59. The van der Waals surface area contributed by atoms with Gasteiger partial charge in [0.2, 0.25) is 0 Å². The highest BCUT2D eigenvalue weighted by Crippen LogP contribution is 2.33. The third kappa shape index (κ3) is 7.30. The van der Waals surface area contributed by atoms with Crippen LogP contribution in [0.2, 0.25) is 10.0 Å². The van der Waals surface area contributed by atoms with Crippen LogP contribution in [0.1, 0.15) is 29.0 Å². The standard InChI is InChI=1S/C19H18Cl2F4N2.C3H9NO/c1-27(10-11-2-4-14(17(22)6-11)19(23,24)25)18-9-26-8-13(18)12-3-5-15(20)16(21)7-12;4-2-1-3-5/h2-7,13,18,26H,8-10H2,1H3;5H,1-4H2. The summed E-state index contributed by atoms with van der Waals surface area (Å²) in [6, 6.07) is 8.66. The first-order chi connectivity index (χ1) is 15.1. The number of halogens is 6. The van der Waals surface area contributed by atoms with E-state index in [0.717, 1.165) is 30.7 Å². The van der Waals surface area contributed by atoms with Gasteiger partial charge in [-0.25, -0.2) is 4.39 Å². The lowest BCUT2D eigenvalue weighted by Gasteiger charge is -2.29. The Bertz CT molecular complexity index is 881. The van der Waals surface area contributed by atoms with E-state index in [2.05, 4.69) is 5.32 Å². The number of aliphatic hydroxyl groups excluding tert-OH is 1. The monoisotopic (exact) mass is 495 g/mol. The third-order valence-electron chi connectivity index (χ3n) is 5.25. The van der Waals surface area contributed by atoms with Crippen LogP contribution in [-0.2, 0) is 12.7 Å². The Morgan fingerprint density at radius 3 is 2.38 bits per heavy atom. The molecule has 1 aliphatic rings. The van der Waals surface area contributed by atoms with Crippen LogP contribution in [-0.4, -0.2) is 49.3 Å². The van der Waals surface area contributed by atoms with Crippen LogP contribution in [0.25, 0.3) is 0 Å². The van der Waals surface area contributed by atoms with E-state index in [0.29, 0.717) is 35.2 Å². The molecule has 2 aromatic carbocycles. The molecule has 4 nitrogen and oxygen atoms in total. The Balaban J connectivity index is 0.000000654. The van der Waals surface area contributed by atoms with Gasteiger partial charge in [0.05, 0.1) is 15.6 Å². The highest BCUT2D eigenvalue weighted by molar-refractivity contribution is 6.42. The molecule has 10 heteroatoms. The van der Waals surface area contributed by atoms with E-state index in [9.17, 15) is 17.6 Å². The molecule has 0 saturated carbocycles. The summed E-state index contributed by atoms with van der Waals surface area (Å²) in [7, 11) is 1.87. The third-order valence-corrected chi connectivity index (χ3v) is 5.99. The molecule has 4 N–H and O–H groups in total. The summed E-state index contributed by atoms with van der Waals surface area (Å²) in [4.78, 5) is 2.01. The van der Waals surface area contributed by atoms with E-state index in [1.807, 2.05) is 24.1 Å². The minimum atomic E-state index is -4.69. The van der Waals surface area contributed by atoms with Crippen LogP contribution in [0.4, 0.5) is 17.6 Å². The van der Waals surface area contributed by atoms with Crippen LogP contribution in [0, 0.1) is 5.82 Å². The second-order valence-electron chi connectivity index (χ2n) is 7.60. The van der Waals surface area contributed by atoms with E-state index in [1.54, 1.807) is 6.07 Å². The highest BCUT2D eigenvalue weighted by atomic mass is 35.5. The SMILES string of the molecule is CN(Cc1ccc(C(F)(F)F)c(F)c1)C1CNCC1c1ccc(Cl)c(Cl)c1.NCCCO. The van der Waals surface area contributed by atoms with Gasteiger partial charge in [-0.1, -0.05) is 35.3 Å². The second-order valence-corrected chi connectivity index (χ2v) is 8.41. The van der Waals surface area contributed by atoms with E-state index < -0.39 is 17.6 Å². The molecule has 32 heavy (non-hydrogen) atoms. The summed E-state index contributed by atoms with van der Waals surface area (Å²) in [5.41, 5.74) is 5.25. The predicted octanol–water partition coefficient (Wildman–Crippen LogP) is 4.67. The first-order valence-electron chi connectivity index (χ1n) is 10.1. The topological polar surface area (TPSA) is 61.5 Å². The molecule has 2 unspecified atom stereocenters. The number of likely N-dealkylation sites (N-methyl/N-ethyl adjacent to an activating group) is 1. The fraction of sp³-hybridized carbons (Fsp3) is 0.455. The summed E-state index contributed by atoms with van der Waals surface area (Å²) >= 11 is 12.1. The number of hydrogen-bond donors (Lipinski definition) is 3. The zero-order valence-corrected chi connectivity index (χ0v) is 19.1. The normalized spacial score (nSPS) is 18.6. The number of rotatable bonds is 6. The van der Waals surface area contributed by atoms with Crippen LogP contribution in [0.5, 0.6) is 0 Å². The van der Waals surface area contributed by atoms with Gasteiger partial charge < -0.3 is 16.2 Å². The van der Waals surface area contributed by atoms with Gasteiger partial charge in [0.1, 0.15) is 5.82 Å². The van der Waals surface area contributed by atoms with Crippen molar-refractivity contribution < 1.29 is 22.7 Å². The van der Waals surface area contributed by atoms with Gasteiger partial charge >= 0.3 is 6.18 Å². The van der Waals surface area contributed by atoms with Gasteiger partial charge in [-0.3, -0.25) is 4.90 Å². The molecular formula is C22H27Cl2F4N3O. The van der Waals surface area contributed by atoms with Crippen LogP contribution >= 0.6 is 23.2 Å². The van der Waals surface area contributed by atoms with Crippen molar-refractivity contribution in [2.24, 2.45) is 5.73 Å². The number of alkyl halides is 3. The number of nitrogens with zero attached hydrogens (tertiary/aromatic N) is 1. The van der Waals surface area contributed by atoms with Gasteiger partial charge in [-0.05, 0) is 55.4 Å². The second kappa shape index (κ2) is 12.2. The van der Waals surface area contributed by atoms with Crippen LogP contribution in [0.15, 0.2) is 36.4 Å². The summed E-state index contributed by atoms with van der Waals surface area (Å²) in [5, 5.41) is 12.3. The number of hydrogen-bond acceptors (Lipinski definition) is 4. The molecule has 0 aromatic heterocycles. The van der Waals surface area contributed by atoms with E-state index >= 15 is 0 Å². The average molecular weight is 496 g/mol. The molecule has 1 fully saturated rings. The lowest BCUT2D eigenvalue weighted by Crippen LogP contribution is -2.36. The molecule has 3 rings (SSSR count). The maximum absolute atomic E-state index is 13.8. The fourth-order valence-corrected chi connectivity index (χ4v) is 3.90. The molecule has 0 bridgehead atoms. The maximum Gasteiger partial charge on any atom is 0.419 e. The van der Waals surface area contributed by atoms with Crippen molar-refractivity contribution in [2.75, 3.05) is 33.3 Å². The van der Waals surface area contributed by atoms with Crippen molar-refractivity contribution >= 4 is 23.2 Å². The van der Waals surface area contributed by atoms with E-state index in [-0.39, 0.29) is 18.6 Å². The molecule has 0 radical (unpaired) electrons. The quantitative estimate of drug-likeness (QED) is 0.509. The number of nitrogens with two attached hydrogens (primary N) is 1. The van der Waals surface area contributed by atoms with Crippen LogP contribution < -0.4 is 11.1 Å². The predicted molar refractivity (Wildman–Crippen MR) is 119 cm³/mol. The molecule has 178 valence electrons. The summed E-state index contributed by atoms with van der Waals surface area (Å²) in [5.74, 6) is -1.11. The Kier molecular flexibility index (Phi) is 10.2. The van der Waals surface area contributed by atoms with Crippen LogP contribution in [0.3, 0.4) is 0 Å². The zero-order valence-electron chi connectivity index (χ0n) is 17.6. The van der Waals surface area contributed by atoms with Crippen molar-refractivity contribution in [1.29, 1.82) is 0 Å². The molecule has 0 amide bonds. The van der Waals surface area contributed by atoms with Gasteiger partial charge in [-0.15, -0.1) is 0 Å². The molecule has 1 heterocycles. The first kappa shape index (κ1) is 26.8. The Labute approximate surface area is 195 Å². The van der Waals surface area contributed by atoms with E-state index in [1.165, 1.54) is 6.07 Å². The molecule has 1 aliphatic heterocycles. The van der Waals surface area contributed by atoms with Crippen molar-refractivity contribution in [3.63, 3.8) is 0 Å². The van der Waals surface area contributed by atoms with Gasteiger partial charge in [0.25, 0.3) is 0 Å². The van der Waals surface area contributed by atoms with Crippen molar-refractivity contribution in [2.45, 2.75) is 31.1 Å². The van der Waals surface area contributed by atoms with Gasteiger partial charge in [-0.2, -0.15) is 13.2 Å². The highest BCUT2D eigenvalue weighted by Gasteiger charge is 2.35. The molecule has 2 aromatic rings.